The van der Waals surface area contributed by atoms with Gasteiger partial charge in [-0.15, -0.1) is 11.8 Å². The van der Waals surface area contributed by atoms with Gasteiger partial charge in [0, 0.05) is 37.6 Å². The van der Waals surface area contributed by atoms with E-state index in [0.29, 0.717) is 0 Å². The molecule has 1 fully saturated rings. The fourth-order valence-corrected chi connectivity index (χ4v) is 2.62. The topological polar surface area (TPSA) is 15.3 Å². The zero-order valence-electron chi connectivity index (χ0n) is 10.2. The molecule has 1 heterocycles. The Labute approximate surface area is 111 Å². The van der Waals surface area contributed by atoms with Crippen molar-refractivity contribution in [3.8, 4) is 0 Å². The molecule has 0 saturated carbocycles. The number of nitrogens with zero attached hydrogens (tertiary/aromatic N) is 1. The summed E-state index contributed by atoms with van der Waals surface area (Å²) in [6.45, 7) is 5.18. The lowest BCUT2D eigenvalue weighted by Gasteiger charge is -2.27. The van der Waals surface area contributed by atoms with Gasteiger partial charge in [0.25, 0.3) is 0 Å². The normalized spacial score (nSPS) is 17.3. The van der Waals surface area contributed by atoms with E-state index in [4.69, 9.17) is 0 Å². The maximum absolute atomic E-state index is 12.1. The molecule has 1 N–H and O–H groups in total. The average molecular weight is 272 g/mol. The second kappa shape index (κ2) is 7.07. The van der Waals surface area contributed by atoms with Crippen molar-refractivity contribution < 1.29 is 8.78 Å². The molecule has 0 amide bonds. The third-order valence-electron chi connectivity index (χ3n) is 2.92. The second-order valence-electron chi connectivity index (χ2n) is 4.37. The number of alkyl halides is 2. The Morgan fingerprint density at radius 3 is 2.44 bits per heavy atom. The van der Waals surface area contributed by atoms with E-state index in [2.05, 4.69) is 10.2 Å². The average Bonchev–Trinajstić information content (AvgIpc) is 2.39. The maximum atomic E-state index is 12.1. The highest BCUT2D eigenvalue weighted by molar-refractivity contribution is 7.99. The summed E-state index contributed by atoms with van der Waals surface area (Å²) < 4.78 is 24.2. The highest BCUT2D eigenvalue weighted by Gasteiger charge is 2.09. The third-order valence-corrected chi connectivity index (χ3v) is 3.94. The smallest absolute Gasteiger partial charge is 0.247 e. The lowest BCUT2D eigenvalue weighted by molar-refractivity contribution is 0.177. The predicted molar refractivity (Wildman–Crippen MR) is 71.3 cm³/mol. The molecular formula is C13H18F2N2S. The number of hydrogen-bond acceptors (Lipinski definition) is 3. The van der Waals surface area contributed by atoms with Crippen LogP contribution in [0, 0.1) is 0 Å². The largest absolute Gasteiger partial charge is 0.314 e. The summed E-state index contributed by atoms with van der Waals surface area (Å²) in [5.74, 6) is -0.128. The van der Waals surface area contributed by atoms with Crippen LogP contribution in [0.25, 0.3) is 0 Å². The van der Waals surface area contributed by atoms with Crippen LogP contribution in [0.5, 0.6) is 0 Å². The molecule has 1 aromatic carbocycles. The Bertz CT molecular complexity index is 351. The molecule has 18 heavy (non-hydrogen) atoms. The summed E-state index contributed by atoms with van der Waals surface area (Å²) in [4.78, 5) is 3.32. The molecule has 0 aromatic heterocycles. The number of halogens is 2. The van der Waals surface area contributed by atoms with Gasteiger partial charge >= 0.3 is 0 Å². The maximum Gasteiger partial charge on any atom is 0.247 e. The molecule has 100 valence electrons. The molecule has 2 rings (SSSR count). The number of hydrogen-bond donors (Lipinski definition) is 1. The SMILES string of the molecule is FC(F)CSc1ccc(CN2CCNCC2)cc1. The van der Waals surface area contributed by atoms with Gasteiger partial charge in [-0.3, -0.25) is 4.90 Å². The van der Waals surface area contributed by atoms with Crippen LogP contribution in [0.2, 0.25) is 0 Å². The Morgan fingerprint density at radius 1 is 1.17 bits per heavy atom. The molecule has 0 atom stereocenters. The van der Waals surface area contributed by atoms with E-state index in [0.717, 1.165) is 37.6 Å². The minimum Gasteiger partial charge on any atom is -0.314 e. The van der Waals surface area contributed by atoms with Crippen LogP contribution in [0.1, 0.15) is 5.56 Å². The first kappa shape index (κ1) is 13.8. The number of nitrogens with one attached hydrogen (secondary N) is 1. The fraction of sp³-hybridized carbons (Fsp3) is 0.538. The van der Waals surface area contributed by atoms with Gasteiger partial charge in [-0.05, 0) is 17.7 Å². The van der Waals surface area contributed by atoms with Gasteiger partial charge < -0.3 is 5.32 Å². The molecule has 0 radical (unpaired) electrons. The zero-order chi connectivity index (χ0) is 12.8. The molecule has 1 saturated heterocycles. The lowest BCUT2D eigenvalue weighted by atomic mass is 10.2. The van der Waals surface area contributed by atoms with Gasteiger partial charge in [0.2, 0.25) is 6.43 Å². The van der Waals surface area contributed by atoms with Crippen molar-refractivity contribution in [2.24, 2.45) is 0 Å². The molecule has 1 aliphatic heterocycles. The molecule has 1 aromatic rings. The number of benzene rings is 1. The van der Waals surface area contributed by atoms with Crippen molar-refractivity contribution in [1.29, 1.82) is 0 Å². The summed E-state index contributed by atoms with van der Waals surface area (Å²) in [6, 6.07) is 7.95. The van der Waals surface area contributed by atoms with Crippen LogP contribution in [-0.2, 0) is 6.54 Å². The molecule has 1 aliphatic rings. The van der Waals surface area contributed by atoms with Crippen LogP contribution >= 0.6 is 11.8 Å². The van der Waals surface area contributed by atoms with E-state index < -0.39 is 6.43 Å². The van der Waals surface area contributed by atoms with E-state index in [1.54, 1.807) is 0 Å². The standard InChI is InChI=1S/C13H18F2N2S/c14-13(15)10-18-12-3-1-11(2-4-12)9-17-7-5-16-6-8-17/h1-4,13,16H,5-10H2. The van der Waals surface area contributed by atoms with Gasteiger partial charge in [-0.25, -0.2) is 8.78 Å². The van der Waals surface area contributed by atoms with Crippen molar-refractivity contribution in [3.63, 3.8) is 0 Å². The van der Waals surface area contributed by atoms with Gasteiger partial charge in [0.1, 0.15) is 0 Å². The molecule has 0 bridgehead atoms. The number of thioether (sulfide) groups is 1. The summed E-state index contributed by atoms with van der Waals surface area (Å²) in [5.41, 5.74) is 1.25. The highest BCUT2D eigenvalue weighted by Crippen LogP contribution is 2.21. The first-order chi connectivity index (χ1) is 8.74. The van der Waals surface area contributed by atoms with E-state index in [1.165, 1.54) is 17.3 Å². The first-order valence-electron chi connectivity index (χ1n) is 6.17. The van der Waals surface area contributed by atoms with Gasteiger partial charge in [0.05, 0.1) is 5.75 Å². The predicted octanol–water partition coefficient (Wildman–Crippen LogP) is 2.45. The van der Waals surface area contributed by atoms with Gasteiger partial charge in [-0.1, -0.05) is 12.1 Å². The van der Waals surface area contributed by atoms with E-state index in [1.807, 2.05) is 24.3 Å². The van der Waals surface area contributed by atoms with Crippen molar-refractivity contribution >= 4 is 11.8 Å². The molecule has 0 aliphatic carbocycles. The second-order valence-corrected chi connectivity index (χ2v) is 5.47. The summed E-state index contributed by atoms with van der Waals surface area (Å²) in [7, 11) is 0. The first-order valence-corrected chi connectivity index (χ1v) is 7.15. The number of piperazine rings is 1. The quantitative estimate of drug-likeness (QED) is 0.829. The van der Waals surface area contributed by atoms with Crippen LogP contribution in [0.4, 0.5) is 8.78 Å². The fourth-order valence-electron chi connectivity index (χ4n) is 1.98. The van der Waals surface area contributed by atoms with E-state index in [-0.39, 0.29) is 5.75 Å². The minimum absolute atomic E-state index is 0.128. The monoisotopic (exact) mass is 272 g/mol. The van der Waals surface area contributed by atoms with Gasteiger partial charge in [0.15, 0.2) is 0 Å². The number of rotatable bonds is 5. The third kappa shape index (κ3) is 4.55. The Morgan fingerprint density at radius 2 is 1.83 bits per heavy atom. The Balaban J connectivity index is 1.83. The van der Waals surface area contributed by atoms with Crippen LogP contribution < -0.4 is 5.32 Å². The molecular weight excluding hydrogens is 254 g/mol. The van der Waals surface area contributed by atoms with Gasteiger partial charge in [-0.2, -0.15) is 0 Å². The van der Waals surface area contributed by atoms with Crippen molar-refractivity contribution in [2.75, 3.05) is 31.9 Å². The van der Waals surface area contributed by atoms with Crippen LogP contribution in [-0.4, -0.2) is 43.3 Å². The van der Waals surface area contributed by atoms with Crippen molar-refractivity contribution in [1.82, 2.24) is 10.2 Å². The summed E-state index contributed by atoms with van der Waals surface area (Å²) in [6.07, 6.45) is -2.24. The summed E-state index contributed by atoms with van der Waals surface area (Å²) in [5, 5.41) is 3.32. The Hall–Kier alpha value is -0.650. The van der Waals surface area contributed by atoms with Crippen molar-refractivity contribution in [3.05, 3.63) is 29.8 Å². The van der Waals surface area contributed by atoms with E-state index in [9.17, 15) is 8.78 Å². The molecule has 2 nitrogen and oxygen atoms in total. The molecule has 0 spiro atoms. The lowest BCUT2D eigenvalue weighted by Crippen LogP contribution is -2.42. The molecule has 0 unspecified atom stereocenters. The minimum atomic E-state index is -2.24. The van der Waals surface area contributed by atoms with Crippen LogP contribution in [0.3, 0.4) is 0 Å². The Kier molecular flexibility index (Phi) is 5.41. The summed E-state index contributed by atoms with van der Waals surface area (Å²) >= 11 is 1.21. The van der Waals surface area contributed by atoms with Crippen LogP contribution in [0.15, 0.2) is 29.2 Å². The van der Waals surface area contributed by atoms with Crippen molar-refractivity contribution in [2.45, 2.75) is 17.9 Å². The molecule has 5 heteroatoms. The zero-order valence-corrected chi connectivity index (χ0v) is 11.1. The van der Waals surface area contributed by atoms with E-state index >= 15 is 0 Å². The highest BCUT2D eigenvalue weighted by atomic mass is 32.2.